The smallest absolute Gasteiger partial charge is 0.235 e. The van der Waals surface area contributed by atoms with Gasteiger partial charge in [-0.15, -0.1) is 16.4 Å². The number of H-pyrrole nitrogens is 1. The number of hydrogen-bond donors (Lipinski definition) is 2. The van der Waals surface area contributed by atoms with E-state index in [4.69, 9.17) is 0 Å². The minimum atomic E-state index is -0.155. The van der Waals surface area contributed by atoms with Gasteiger partial charge in [-0.3, -0.25) is 9.89 Å². The van der Waals surface area contributed by atoms with E-state index in [0.29, 0.717) is 21.5 Å². The molecule has 0 atom stereocenters. The molecule has 26 heavy (non-hydrogen) atoms. The number of nitrogens with zero attached hydrogens (tertiary/aromatic N) is 3. The second-order valence-electron chi connectivity index (χ2n) is 5.84. The summed E-state index contributed by atoms with van der Waals surface area (Å²) in [4.78, 5) is 17.9. The number of amides is 1. The van der Waals surface area contributed by atoms with Crippen LogP contribution in [-0.4, -0.2) is 26.8 Å². The molecule has 1 aliphatic rings. The molecule has 0 fully saturated rings. The first kappa shape index (κ1) is 16.8. The van der Waals surface area contributed by atoms with E-state index < -0.39 is 0 Å². The number of thioether (sulfide) groups is 1. The molecule has 3 aromatic rings. The van der Waals surface area contributed by atoms with Gasteiger partial charge in [-0.05, 0) is 24.8 Å². The maximum Gasteiger partial charge on any atom is 0.235 e. The highest BCUT2D eigenvalue weighted by Crippen LogP contribution is 2.38. The zero-order valence-corrected chi connectivity index (χ0v) is 15.4. The van der Waals surface area contributed by atoms with E-state index in [-0.39, 0.29) is 11.7 Å². The van der Waals surface area contributed by atoms with E-state index in [2.05, 4.69) is 26.6 Å². The average Bonchev–Trinajstić information content (AvgIpc) is 3.36. The van der Waals surface area contributed by atoms with Crippen LogP contribution in [0.2, 0.25) is 0 Å². The SMILES string of the molecule is N#Cc1c(NC(=O)CSc2n[nH]c(-c3ccccc3)n2)sc2c1CCC2. The third-order valence-electron chi connectivity index (χ3n) is 4.13. The third-order valence-corrected chi connectivity index (χ3v) is 6.19. The van der Waals surface area contributed by atoms with Crippen molar-refractivity contribution in [1.29, 1.82) is 5.26 Å². The number of aromatic amines is 1. The molecule has 0 bridgehead atoms. The highest BCUT2D eigenvalue weighted by molar-refractivity contribution is 7.99. The molecule has 8 heteroatoms. The van der Waals surface area contributed by atoms with Gasteiger partial charge in [0.25, 0.3) is 0 Å². The summed E-state index contributed by atoms with van der Waals surface area (Å²) in [6, 6.07) is 11.9. The van der Waals surface area contributed by atoms with Gasteiger partial charge in [0.2, 0.25) is 11.1 Å². The van der Waals surface area contributed by atoms with Crippen molar-refractivity contribution >= 4 is 34.0 Å². The summed E-state index contributed by atoms with van der Waals surface area (Å²) in [5, 5.41) is 20.5. The molecule has 0 saturated carbocycles. The molecule has 1 aromatic carbocycles. The molecule has 130 valence electrons. The summed E-state index contributed by atoms with van der Waals surface area (Å²) >= 11 is 2.79. The number of nitrogens with one attached hydrogen (secondary N) is 2. The van der Waals surface area contributed by atoms with Crippen LogP contribution < -0.4 is 5.32 Å². The Hall–Kier alpha value is -2.63. The van der Waals surface area contributed by atoms with E-state index in [1.807, 2.05) is 30.3 Å². The monoisotopic (exact) mass is 381 g/mol. The summed E-state index contributed by atoms with van der Waals surface area (Å²) in [7, 11) is 0. The number of carbonyl (C=O) groups is 1. The van der Waals surface area contributed by atoms with Crippen LogP contribution in [0, 0.1) is 11.3 Å². The molecule has 0 saturated heterocycles. The number of aryl methyl sites for hydroxylation is 1. The first-order chi connectivity index (χ1) is 12.7. The Morgan fingerprint density at radius 2 is 2.19 bits per heavy atom. The van der Waals surface area contributed by atoms with Crippen molar-refractivity contribution in [3.05, 3.63) is 46.3 Å². The minimum Gasteiger partial charge on any atom is -0.316 e. The largest absolute Gasteiger partial charge is 0.316 e. The van der Waals surface area contributed by atoms with Crippen LogP contribution in [0.3, 0.4) is 0 Å². The van der Waals surface area contributed by atoms with Gasteiger partial charge in [-0.2, -0.15) is 5.26 Å². The lowest BCUT2D eigenvalue weighted by Gasteiger charge is -2.02. The van der Waals surface area contributed by atoms with E-state index in [1.165, 1.54) is 28.0 Å². The quantitative estimate of drug-likeness (QED) is 0.658. The fraction of sp³-hybridized carbons (Fsp3) is 0.222. The predicted octanol–water partition coefficient (Wildman–Crippen LogP) is 3.62. The molecule has 2 aromatic heterocycles. The molecule has 1 amide bonds. The molecule has 2 N–H and O–H groups in total. The minimum absolute atomic E-state index is 0.155. The highest BCUT2D eigenvalue weighted by Gasteiger charge is 2.23. The van der Waals surface area contributed by atoms with Gasteiger partial charge in [0.05, 0.1) is 11.3 Å². The molecule has 0 aliphatic heterocycles. The number of aromatic nitrogens is 3. The lowest BCUT2D eigenvalue weighted by atomic mass is 10.1. The number of hydrogen-bond acceptors (Lipinski definition) is 6. The van der Waals surface area contributed by atoms with E-state index in [9.17, 15) is 10.1 Å². The summed E-state index contributed by atoms with van der Waals surface area (Å²) in [6.45, 7) is 0. The van der Waals surface area contributed by atoms with E-state index in [1.54, 1.807) is 0 Å². The van der Waals surface area contributed by atoms with Crippen LogP contribution in [0.4, 0.5) is 5.00 Å². The Kier molecular flexibility index (Phi) is 4.73. The van der Waals surface area contributed by atoms with Crippen molar-refractivity contribution in [2.45, 2.75) is 24.4 Å². The second kappa shape index (κ2) is 7.32. The first-order valence-corrected chi connectivity index (χ1v) is 10.00. The van der Waals surface area contributed by atoms with E-state index in [0.717, 1.165) is 30.4 Å². The Morgan fingerprint density at radius 1 is 1.35 bits per heavy atom. The zero-order chi connectivity index (χ0) is 17.9. The first-order valence-electron chi connectivity index (χ1n) is 8.19. The van der Waals surface area contributed by atoms with Crippen molar-refractivity contribution in [3.8, 4) is 17.5 Å². The Morgan fingerprint density at radius 3 is 3.00 bits per heavy atom. The molecular formula is C18H15N5OS2. The normalized spacial score (nSPS) is 12.6. The van der Waals surface area contributed by atoms with Crippen molar-refractivity contribution < 1.29 is 4.79 Å². The zero-order valence-electron chi connectivity index (χ0n) is 13.8. The van der Waals surface area contributed by atoms with Gasteiger partial charge in [0.15, 0.2) is 5.82 Å². The summed E-state index contributed by atoms with van der Waals surface area (Å²) in [6.07, 6.45) is 3.02. The van der Waals surface area contributed by atoms with Gasteiger partial charge >= 0.3 is 0 Å². The standard InChI is InChI=1S/C18H15N5OS2/c19-9-13-12-7-4-8-14(12)26-17(13)20-15(24)10-25-18-21-16(22-23-18)11-5-2-1-3-6-11/h1-3,5-6H,4,7-8,10H2,(H,20,24)(H,21,22,23). The molecule has 1 aliphatic carbocycles. The number of nitriles is 1. The lowest BCUT2D eigenvalue weighted by Crippen LogP contribution is -2.14. The topological polar surface area (TPSA) is 94.5 Å². The molecule has 0 radical (unpaired) electrons. The molecule has 0 unspecified atom stereocenters. The van der Waals surface area contributed by atoms with Crippen LogP contribution in [0.25, 0.3) is 11.4 Å². The number of rotatable bonds is 5. The fourth-order valence-corrected chi connectivity index (χ4v) is 4.79. The summed E-state index contributed by atoms with van der Waals surface area (Å²) in [5.41, 5.74) is 2.69. The summed E-state index contributed by atoms with van der Waals surface area (Å²) < 4.78 is 0. The lowest BCUT2D eigenvalue weighted by molar-refractivity contribution is -0.113. The van der Waals surface area contributed by atoms with Crippen LogP contribution in [0.5, 0.6) is 0 Å². The highest BCUT2D eigenvalue weighted by atomic mass is 32.2. The van der Waals surface area contributed by atoms with E-state index >= 15 is 0 Å². The number of carbonyl (C=O) groups excluding carboxylic acids is 1. The molecule has 4 rings (SSSR count). The number of fused-ring (bicyclic) bond motifs is 1. The Bertz CT molecular complexity index is 987. The maximum atomic E-state index is 12.3. The number of anilines is 1. The van der Waals surface area contributed by atoms with Gasteiger partial charge in [0.1, 0.15) is 11.1 Å². The molecule has 6 nitrogen and oxygen atoms in total. The maximum absolute atomic E-state index is 12.3. The van der Waals surface area contributed by atoms with Gasteiger partial charge in [-0.25, -0.2) is 4.98 Å². The predicted molar refractivity (Wildman–Crippen MR) is 102 cm³/mol. The van der Waals surface area contributed by atoms with Crippen molar-refractivity contribution in [1.82, 2.24) is 15.2 Å². The molecule has 2 heterocycles. The van der Waals surface area contributed by atoms with Crippen LogP contribution in [0.1, 0.15) is 22.4 Å². The van der Waals surface area contributed by atoms with Crippen LogP contribution in [0.15, 0.2) is 35.5 Å². The van der Waals surface area contributed by atoms with Gasteiger partial charge in [-0.1, -0.05) is 42.1 Å². The van der Waals surface area contributed by atoms with Crippen LogP contribution >= 0.6 is 23.1 Å². The molecular weight excluding hydrogens is 366 g/mol. The Balaban J connectivity index is 1.38. The second-order valence-corrected chi connectivity index (χ2v) is 7.89. The Labute approximate surface area is 158 Å². The third kappa shape index (κ3) is 3.36. The van der Waals surface area contributed by atoms with Crippen molar-refractivity contribution in [3.63, 3.8) is 0 Å². The summed E-state index contributed by atoms with van der Waals surface area (Å²) in [5.74, 6) is 0.715. The van der Waals surface area contributed by atoms with Gasteiger partial charge in [0, 0.05) is 10.4 Å². The van der Waals surface area contributed by atoms with Crippen molar-refractivity contribution in [2.24, 2.45) is 0 Å². The average molecular weight is 381 g/mol. The number of thiophene rings is 1. The number of benzene rings is 1. The van der Waals surface area contributed by atoms with Crippen LogP contribution in [-0.2, 0) is 17.6 Å². The molecule has 0 spiro atoms. The van der Waals surface area contributed by atoms with Crippen molar-refractivity contribution in [2.75, 3.05) is 11.1 Å². The van der Waals surface area contributed by atoms with Gasteiger partial charge < -0.3 is 5.32 Å². The fourth-order valence-electron chi connectivity index (χ4n) is 2.94.